The van der Waals surface area contributed by atoms with Crippen molar-refractivity contribution in [3.63, 3.8) is 0 Å². The predicted molar refractivity (Wildman–Crippen MR) is 138 cm³/mol. The summed E-state index contributed by atoms with van der Waals surface area (Å²) in [5.41, 5.74) is 0.826. The normalized spacial score (nSPS) is 26.7. The monoisotopic (exact) mass is 507 g/mol. The Hall–Kier alpha value is -2.45. The first kappa shape index (κ1) is 23.0. The Kier molecular flexibility index (Phi) is 6.05. The molecule has 3 aliphatic carbocycles. The van der Waals surface area contributed by atoms with Gasteiger partial charge in [0.05, 0.1) is 28.1 Å². The van der Waals surface area contributed by atoms with Gasteiger partial charge in [0.2, 0.25) is 0 Å². The SMILES string of the molecule is COc1ccc2nc(C)nc(SCC(=O)c3ccc(C(=O)N[C@H]4C[C@H]5CC6CC[C@@H](C4)C65)s3)c2c1. The Morgan fingerprint density at radius 2 is 1.83 bits per heavy atom. The van der Waals surface area contributed by atoms with E-state index >= 15 is 0 Å². The molecule has 2 heterocycles. The van der Waals surface area contributed by atoms with E-state index in [9.17, 15) is 9.59 Å². The van der Waals surface area contributed by atoms with E-state index in [2.05, 4.69) is 15.3 Å². The molecule has 6 rings (SSSR count). The standard InChI is InChI=1S/C27H29N3O3S2/c1-14-28-21-6-5-19(33-2)12-20(21)27(29-14)34-13-22(31)23-7-8-24(35-23)26(32)30-18-10-16-4-3-15-9-17(11-18)25(15)16/h5-8,12,15-18,25H,3-4,9-11,13H2,1-2H3,(H,30,32)/t15?,16-,17+,18+,25?/m0/s1. The molecule has 1 N–H and O–H groups in total. The van der Waals surface area contributed by atoms with Crippen LogP contribution < -0.4 is 10.1 Å². The molecule has 3 saturated carbocycles. The van der Waals surface area contributed by atoms with Crippen LogP contribution in [0.4, 0.5) is 0 Å². The number of Topliss-reactive ketones (excluding diaryl/α,β-unsaturated/α-hetero) is 1. The van der Waals surface area contributed by atoms with Gasteiger partial charge in [-0.25, -0.2) is 9.97 Å². The molecule has 3 fully saturated rings. The minimum absolute atomic E-state index is 0.00154. The third kappa shape index (κ3) is 4.35. The van der Waals surface area contributed by atoms with Gasteiger partial charge < -0.3 is 10.1 Å². The lowest BCUT2D eigenvalue weighted by Crippen LogP contribution is -2.48. The Morgan fingerprint density at radius 1 is 1.06 bits per heavy atom. The van der Waals surface area contributed by atoms with Crippen LogP contribution in [0.2, 0.25) is 0 Å². The summed E-state index contributed by atoms with van der Waals surface area (Å²) in [4.78, 5) is 36.2. The van der Waals surface area contributed by atoms with Gasteiger partial charge in [0.1, 0.15) is 16.6 Å². The highest BCUT2D eigenvalue weighted by Gasteiger charge is 2.52. The second kappa shape index (κ2) is 9.21. The zero-order chi connectivity index (χ0) is 24.1. The van der Waals surface area contributed by atoms with Crippen LogP contribution in [0.1, 0.15) is 57.3 Å². The van der Waals surface area contributed by atoms with Gasteiger partial charge in [-0.2, -0.15) is 0 Å². The number of hydrogen-bond acceptors (Lipinski definition) is 7. The number of amides is 1. The number of carbonyl (C=O) groups excluding carboxylic acids is 2. The van der Waals surface area contributed by atoms with Gasteiger partial charge in [-0.1, -0.05) is 11.8 Å². The molecule has 3 aliphatic rings. The first-order valence-corrected chi connectivity index (χ1v) is 14.2. The zero-order valence-electron chi connectivity index (χ0n) is 20.0. The van der Waals surface area contributed by atoms with E-state index in [1.54, 1.807) is 19.2 Å². The lowest BCUT2D eigenvalue weighted by molar-refractivity contribution is 0.0131. The molecule has 0 saturated heterocycles. The highest BCUT2D eigenvalue weighted by Crippen LogP contribution is 2.59. The molecule has 35 heavy (non-hydrogen) atoms. The third-order valence-corrected chi connectivity index (χ3v) is 10.2. The number of ether oxygens (including phenoxy) is 1. The third-order valence-electron chi connectivity index (χ3n) is 8.08. The minimum atomic E-state index is -0.0384. The second-order valence-corrected chi connectivity index (χ2v) is 12.2. The van der Waals surface area contributed by atoms with E-state index in [1.807, 2.05) is 25.1 Å². The minimum Gasteiger partial charge on any atom is -0.497 e. The fourth-order valence-electron chi connectivity index (χ4n) is 6.57. The summed E-state index contributed by atoms with van der Waals surface area (Å²) >= 11 is 2.68. The summed E-state index contributed by atoms with van der Waals surface area (Å²) in [6, 6.07) is 9.51. The molecular weight excluding hydrogens is 478 g/mol. The predicted octanol–water partition coefficient (Wildman–Crippen LogP) is 5.54. The molecule has 182 valence electrons. The molecule has 0 spiro atoms. The van der Waals surface area contributed by atoms with Gasteiger partial charge in [0.25, 0.3) is 5.91 Å². The van der Waals surface area contributed by atoms with Crippen LogP contribution in [0.3, 0.4) is 0 Å². The van der Waals surface area contributed by atoms with E-state index in [4.69, 9.17) is 4.74 Å². The van der Waals surface area contributed by atoms with Crippen LogP contribution in [-0.2, 0) is 0 Å². The Morgan fingerprint density at radius 3 is 2.66 bits per heavy atom. The summed E-state index contributed by atoms with van der Waals surface area (Å²) in [6.07, 6.45) is 6.32. The molecule has 0 radical (unpaired) electrons. The molecule has 0 bridgehead atoms. The second-order valence-electron chi connectivity index (χ2n) is 10.1. The first-order valence-electron chi connectivity index (χ1n) is 12.4. The van der Waals surface area contributed by atoms with Crippen LogP contribution in [-0.4, -0.2) is 40.6 Å². The number of rotatable bonds is 7. The van der Waals surface area contributed by atoms with Crippen LogP contribution >= 0.6 is 23.1 Å². The number of nitrogens with zero attached hydrogens (tertiary/aromatic N) is 2. The van der Waals surface area contributed by atoms with Crippen LogP contribution in [0.15, 0.2) is 35.4 Å². The zero-order valence-corrected chi connectivity index (χ0v) is 21.6. The molecule has 0 aliphatic heterocycles. The van der Waals surface area contributed by atoms with Gasteiger partial charge in [0, 0.05) is 11.4 Å². The van der Waals surface area contributed by atoms with Gasteiger partial charge in [-0.05, 0) is 93.0 Å². The molecular formula is C27H29N3O3S2. The van der Waals surface area contributed by atoms with Crippen molar-refractivity contribution >= 4 is 45.7 Å². The smallest absolute Gasteiger partial charge is 0.261 e. The number of methoxy groups -OCH3 is 1. The number of benzene rings is 1. The Bertz CT molecular complexity index is 1310. The molecule has 3 aromatic rings. The number of nitrogens with one attached hydrogen (secondary N) is 1. The number of fused-ring (bicyclic) bond motifs is 1. The fourth-order valence-corrected chi connectivity index (χ4v) is 8.44. The van der Waals surface area contributed by atoms with E-state index < -0.39 is 0 Å². The molecule has 6 nitrogen and oxygen atoms in total. The lowest BCUT2D eigenvalue weighted by Gasteiger charge is -2.49. The lowest BCUT2D eigenvalue weighted by atomic mass is 9.57. The summed E-state index contributed by atoms with van der Waals surface area (Å²) in [7, 11) is 1.62. The van der Waals surface area contributed by atoms with Crippen molar-refractivity contribution < 1.29 is 14.3 Å². The van der Waals surface area contributed by atoms with Crippen molar-refractivity contribution in [2.24, 2.45) is 23.7 Å². The fraction of sp³-hybridized carbons (Fsp3) is 0.481. The molecule has 1 amide bonds. The number of aromatic nitrogens is 2. The number of carbonyl (C=O) groups is 2. The summed E-state index contributed by atoms with van der Waals surface area (Å²) in [6.45, 7) is 1.85. The average Bonchev–Trinajstić information content (AvgIpc) is 3.47. The van der Waals surface area contributed by atoms with E-state index in [0.717, 1.165) is 58.2 Å². The molecule has 5 atom stereocenters. The topological polar surface area (TPSA) is 81.2 Å². The summed E-state index contributed by atoms with van der Waals surface area (Å²) in [5.74, 6) is 5.12. The number of thioether (sulfide) groups is 1. The maximum absolute atomic E-state index is 13.0. The molecule has 1 aromatic carbocycles. The largest absolute Gasteiger partial charge is 0.497 e. The van der Waals surface area contributed by atoms with Crippen molar-refractivity contribution in [3.05, 3.63) is 45.9 Å². The van der Waals surface area contributed by atoms with Crippen molar-refractivity contribution in [2.45, 2.75) is 50.1 Å². The van der Waals surface area contributed by atoms with Crippen molar-refractivity contribution in [1.29, 1.82) is 0 Å². The highest BCUT2D eigenvalue weighted by atomic mass is 32.2. The van der Waals surface area contributed by atoms with Gasteiger partial charge >= 0.3 is 0 Å². The highest BCUT2D eigenvalue weighted by molar-refractivity contribution is 8.00. The number of thiophene rings is 1. The Labute approximate surface area is 213 Å². The van der Waals surface area contributed by atoms with E-state index in [1.165, 1.54) is 42.4 Å². The molecule has 2 aromatic heterocycles. The maximum atomic E-state index is 13.0. The van der Waals surface area contributed by atoms with Crippen LogP contribution in [0.25, 0.3) is 10.9 Å². The van der Waals surface area contributed by atoms with Crippen LogP contribution in [0, 0.1) is 30.6 Å². The van der Waals surface area contributed by atoms with Crippen LogP contribution in [0.5, 0.6) is 5.75 Å². The quantitative estimate of drug-likeness (QED) is 0.257. The number of ketones is 1. The van der Waals surface area contributed by atoms with Crippen molar-refractivity contribution in [2.75, 3.05) is 12.9 Å². The summed E-state index contributed by atoms with van der Waals surface area (Å²) in [5, 5.41) is 4.90. The Balaban J connectivity index is 1.10. The van der Waals surface area contributed by atoms with Gasteiger partial charge in [0.15, 0.2) is 5.78 Å². The van der Waals surface area contributed by atoms with E-state index in [0.29, 0.717) is 15.6 Å². The van der Waals surface area contributed by atoms with Crippen molar-refractivity contribution in [1.82, 2.24) is 15.3 Å². The summed E-state index contributed by atoms with van der Waals surface area (Å²) < 4.78 is 5.34. The van der Waals surface area contributed by atoms with Gasteiger partial charge in [-0.15, -0.1) is 11.3 Å². The number of hydrogen-bond donors (Lipinski definition) is 1. The molecule has 2 unspecified atom stereocenters. The average molecular weight is 508 g/mol. The van der Waals surface area contributed by atoms with Gasteiger partial charge in [-0.3, -0.25) is 9.59 Å². The number of aryl methyl sites for hydroxylation is 1. The first-order chi connectivity index (χ1) is 17.0. The van der Waals surface area contributed by atoms with E-state index in [-0.39, 0.29) is 23.5 Å². The maximum Gasteiger partial charge on any atom is 0.261 e. The van der Waals surface area contributed by atoms with Crippen molar-refractivity contribution in [3.8, 4) is 5.75 Å². The molecule has 8 heteroatoms.